The zero-order valence-electron chi connectivity index (χ0n) is 29.6. The monoisotopic (exact) mass is 695 g/mol. The van der Waals surface area contributed by atoms with Crippen molar-refractivity contribution >= 4 is 109 Å². The number of para-hydroxylation sites is 5. The lowest BCUT2D eigenvalue weighted by Gasteiger charge is -2.11. The van der Waals surface area contributed by atoms with Crippen molar-refractivity contribution < 1.29 is 0 Å². The maximum atomic E-state index is 2.60. The Hall–Kier alpha value is -7.36. The van der Waals surface area contributed by atoms with E-state index >= 15 is 0 Å². The van der Waals surface area contributed by atoms with E-state index in [9.17, 15) is 0 Å². The molecule has 14 aromatic rings. The topological polar surface area (TPSA) is 13.8 Å². The van der Waals surface area contributed by atoms with E-state index in [4.69, 9.17) is 0 Å². The van der Waals surface area contributed by atoms with Gasteiger partial charge in [-0.1, -0.05) is 121 Å². The van der Waals surface area contributed by atoms with Crippen molar-refractivity contribution in [2.45, 2.75) is 0 Å². The van der Waals surface area contributed by atoms with Crippen molar-refractivity contribution in [2.75, 3.05) is 0 Å². The molecule has 5 heterocycles. The summed E-state index contributed by atoms with van der Waals surface area (Å²) in [5.41, 5.74) is 13.8. The second-order valence-electron chi connectivity index (χ2n) is 15.2. The van der Waals surface area contributed by atoms with E-state index in [1.165, 1.54) is 126 Å². The lowest BCUT2D eigenvalue weighted by atomic mass is 9.94. The fourth-order valence-electron chi connectivity index (χ4n) is 10.6. The molecule has 9 aromatic carbocycles. The van der Waals surface area contributed by atoms with Gasteiger partial charge in [-0.2, -0.15) is 0 Å². The Bertz CT molecular complexity index is 3930. The van der Waals surface area contributed by atoms with Crippen molar-refractivity contribution in [1.82, 2.24) is 13.4 Å². The Morgan fingerprint density at radius 3 is 1.62 bits per heavy atom. The number of hydrogen-bond donors (Lipinski definition) is 0. The minimum absolute atomic E-state index is 1.17. The molecular formula is C52H29N3. The average molecular weight is 696 g/mol. The fourth-order valence-corrected chi connectivity index (χ4v) is 10.6. The molecule has 0 spiro atoms. The molecular weight excluding hydrogens is 667 g/mol. The Morgan fingerprint density at radius 2 is 0.836 bits per heavy atom. The summed E-state index contributed by atoms with van der Waals surface area (Å²) in [6.07, 6.45) is 0. The van der Waals surface area contributed by atoms with E-state index in [0.29, 0.717) is 0 Å². The van der Waals surface area contributed by atoms with Crippen LogP contribution >= 0.6 is 0 Å². The predicted octanol–water partition coefficient (Wildman–Crippen LogP) is 13.9. The van der Waals surface area contributed by atoms with Crippen LogP contribution in [0.15, 0.2) is 176 Å². The number of aromatic nitrogens is 3. The quantitative estimate of drug-likeness (QED) is 0.171. The zero-order valence-corrected chi connectivity index (χ0v) is 29.6. The third-order valence-electron chi connectivity index (χ3n) is 12.6. The summed E-state index contributed by atoms with van der Waals surface area (Å²) in [5, 5.41) is 15.6. The van der Waals surface area contributed by atoms with Gasteiger partial charge in [-0.05, 0) is 70.9 Å². The Balaban J connectivity index is 1.16. The molecule has 0 saturated carbocycles. The molecule has 0 amide bonds. The molecule has 0 aliphatic carbocycles. The first kappa shape index (κ1) is 28.2. The van der Waals surface area contributed by atoms with E-state index in [-0.39, 0.29) is 0 Å². The van der Waals surface area contributed by atoms with Gasteiger partial charge in [-0.15, -0.1) is 0 Å². The molecule has 0 atom stereocenters. The van der Waals surface area contributed by atoms with Crippen LogP contribution in [-0.4, -0.2) is 13.4 Å². The number of rotatable bonds is 2. The number of fused-ring (bicyclic) bond motifs is 18. The van der Waals surface area contributed by atoms with Crippen LogP contribution in [0, 0.1) is 0 Å². The van der Waals surface area contributed by atoms with Gasteiger partial charge in [-0.3, -0.25) is 0 Å². The van der Waals surface area contributed by atoms with Crippen molar-refractivity contribution in [1.29, 1.82) is 0 Å². The summed E-state index contributed by atoms with van der Waals surface area (Å²) in [6, 6.07) is 65.4. The molecule has 3 nitrogen and oxygen atoms in total. The molecule has 55 heavy (non-hydrogen) atoms. The van der Waals surface area contributed by atoms with Crippen LogP contribution in [0.3, 0.4) is 0 Å². The lowest BCUT2D eigenvalue weighted by Crippen LogP contribution is -1.93. The zero-order chi connectivity index (χ0) is 35.5. The van der Waals surface area contributed by atoms with Gasteiger partial charge in [0.2, 0.25) is 0 Å². The van der Waals surface area contributed by atoms with E-state index in [0.717, 1.165) is 0 Å². The molecule has 0 radical (unpaired) electrons. The maximum Gasteiger partial charge on any atom is 0.0626 e. The van der Waals surface area contributed by atoms with Gasteiger partial charge in [0.1, 0.15) is 0 Å². The Kier molecular flexibility index (Phi) is 5.01. The molecule has 0 fully saturated rings. The molecule has 0 aliphatic heterocycles. The van der Waals surface area contributed by atoms with Gasteiger partial charge in [0.15, 0.2) is 0 Å². The molecule has 252 valence electrons. The van der Waals surface area contributed by atoms with Gasteiger partial charge >= 0.3 is 0 Å². The molecule has 3 heteroatoms. The minimum Gasteiger partial charge on any atom is -0.309 e. The summed E-state index contributed by atoms with van der Waals surface area (Å²) in [4.78, 5) is 0. The Labute approximate surface area is 313 Å². The van der Waals surface area contributed by atoms with E-state index in [1.54, 1.807) is 0 Å². The predicted molar refractivity (Wildman–Crippen MR) is 233 cm³/mol. The SMILES string of the molecule is c1ccc(-n2c3ccccc3c3cc(-c4cc5ccccc5c5c6cccc7c8c9c%10cccc%11c%12ccccc%12n(c9ccc8n(c45)c76)c%11%10)ccc32)cc1. The highest BCUT2D eigenvalue weighted by molar-refractivity contribution is 6.37. The average Bonchev–Trinajstić information content (AvgIpc) is 4.04. The molecule has 0 unspecified atom stereocenters. The highest BCUT2D eigenvalue weighted by Gasteiger charge is 2.26. The van der Waals surface area contributed by atoms with Gasteiger partial charge in [0.25, 0.3) is 0 Å². The normalized spacial score (nSPS) is 12.7. The van der Waals surface area contributed by atoms with Gasteiger partial charge in [0, 0.05) is 65.1 Å². The second kappa shape index (κ2) is 9.79. The number of hydrogen-bond acceptors (Lipinski definition) is 0. The fraction of sp³-hybridized carbons (Fsp3) is 0. The second-order valence-corrected chi connectivity index (χ2v) is 15.2. The Morgan fingerprint density at radius 1 is 0.291 bits per heavy atom. The standard InChI is InChI=1S/C52H29N3/c1-2-13-32(14-3-1)53-42-22-8-7-17-35(42)41-29-31(24-25-44(41)53)40-28-30-12-4-5-15-33(30)47-37-19-11-21-39-49-46(55(51(37)39)52(40)47)27-26-45-48(49)38-20-10-18-36-34-16-6-9-23-43(34)54(45)50(36)38/h1-29H. The molecule has 5 aromatic heterocycles. The first-order chi connectivity index (χ1) is 27.3. The van der Waals surface area contributed by atoms with Gasteiger partial charge in [0.05, 0.1) is 44.1 Å². The minimum atomic E-state index is 1.17. The summed E-state index contributed by atoms with van der Waals surface area (Å²) < 4.78 is 7.50. The molecule has 0 bridgehead atoms. The summed E-state index contributed by atoms with van der Waals surface area (Å²) >= 11 is 0. The summed E-state index contributed by atoms with van der Waals surface area (Å²) in [6.45, 7) is 0. The van der Waals surface area contributed by atoms with Crippen LogP contribution in [0.1, 0.15) is 0 Å². The first-order valence-electron chi connectivity index (χ1n) is 19.1. The largest absolute Gasteiger partial charge is 0.309 e. The van der Waals surface area contributed by atoms with Crippen LogP contribution in [-0.2, 0) is 0 Å². The molecule has 14 rings (SSSR count). The van der Waals surface area contributed by atoms with Gasteiger partial charge in [-0.25, -0.2) is 0 Å². The van der Waals surface area contributed by atoms with Crippen LogP contribution < -0.4 is 0 Å². The van der Waals surface area contributed by atoms with Crippen LogP contribution in [0.25, 0.3) is 126 Å². The summed E-state index contributed by atoms with van der Waals surface area (Å²) in [7, 11) is 0. The van der Waals surface area contributed by atoms with Crippen LogP contribution in [0.4, 0.5) is 0 Å². The third-order valence-corrected chi connectivity index (χ3v) is 12.6. The lowest BCUT2D eigenvalue weighted by molar-refractivity contribution is 1.18. The maximum absolute atomic E-state index is 2.60. The van der Waals surface area contributed by atoms with E-state index < -0.39 is 0 Å². The first-order valence-corrected chi connectivity index (χ1v) is 19.1. The number of benzene rings is 9. The third kappa shape index (κ3) is 3.31. The van der Waals surface area contributed by atoms with Crippen LogP contribution in [0.2, 0.25) is 0 Å². The van der Waals surface area contributed by atoms with Crippen molar-refractivity contribution in [3.8, 4) is 16.8 Å². The summed E-state index contributed by atoms with van der Waals surface area (Å²) in [5.74, 6) is 0. The van der Waals surface area contributed by atoms with E-state index in [1.807, 2.05) is 0 Å². The van der Waals surface area contributed by atoms with Crippen molar-refractivity contribution in [3.05, 3.63) is 176 Å². The van der Waals surface area contributed by atoms with E-state index in [2.05, 4.69) is 189 Å². The smallest absolute Gasteiger partial charge is 0.0626 e. The van der Waals surface area contributed by atoms with Crippen LogP contribution in [0.5, 0.6) is 0 Å². The highest BCUT2D eigenvalue weighted by Crippen LogP contribution is 2.49. The van der Waals surface area contributed by atoms with Crippen molar-refractivity contribution in [3.63, 3.8) is 0 Å². The molecule has 0 saturated heterocycles. The highest BCUT2D eigenvalue weighted by atomic mass is 15.0. The molecule has 0 aliphatic rings. The number of nitrogens with zero attached hydrogens (tertiary/aromatic N) is 3. The van der Waals surface area contributed by atoms with Gasteiger partial charge < -0.3 is 13.4 Å². The van der Waals surface area contributed by atoms with Crippen molar-refractivity contribution in [2.24, 2.45) is 0 Å². The molecule has 0 N–H and O–H groups in total.